The Labute approximate surface area is 107 Å². The Hall–Kier alpha value is -1.95. The minimum absolute atomic E-state index is 0.258. The second-order valence-corrected chi connectivity index (χ2v) is 4.06. The molecule has 1 heterocycles. The smallest absolute Gasteiger partial charge is 0.472 e. The standard InChI is InChI=1S/C13H12F3NO2/c14-13(15,16)19-11-3-1-10(2-4-11)12(17)7-9-5-6-18-8-9/h1-6,8,12H,7,17H2. The summed E-state index contributed by atoms with van der Waals surface area (Å²) in [6.07, 6.45) is -1.00. The molecule has 1 unspecified atom stereocenters. The number of nitrogens with two attached hydrogens (primary N) is 1. The Morgan fingerprint density at radius 3 is 2.37 bits per heavy atom. The summed E-state index contributed by atoms with van der Waals surface area (Å²) >= 11 is 0. The summed E-state index contributed by atoms with van der Waals surface area (Å²) in [6.45, 7) is 0. The molecule has 0 amide bonds. The predicted molar refractivity (Wildman–Crippen MR) is 62.5 cm³/mol. The van der Waals surface area contributed by atoms with Crippen LogP contribution in [-0.2, 0) is 6.42 Å². The van der Waals surface area contributed by atoms with Crippen molar-refractivity contribution >= 4 is 0 Å². The highest BCUT2D eigenvalue weighted by Crippen LogP contribution is 2.24. The van der Waals surface area contributed by atoms with Crippen LogP contribution in [0.25, 0.3) is 0 Å². The molecular formula is C13H12F3NO2. The van der Waals surface area contributed by atoms with Crippen molar-refractivity contribution in [2.24, 2.45) is 5.73 Å². The van der Waals surface area contributed by atoms with Crippen LogP contribution >= 0.6 is 0 Å². The van der Waals surface area contributed by atoms with Crippen LogP contribution in [0.2, 0.25) is 0 Å². The lowest BCUT2D eigenvalue weighted by Crippen LogP contribution is -2.17. The van der Waals surface area contributed by atoms with Crippen LogP contribution in [0.3, 0.4) is 0 Å². The van der Waals surface area contributed by atoms with E-state index in [1.54, 1.807) is 18.6 Å². The maximum atomic E-state index is 12.0. The van der Waals surface area contributed by atoms with Gasteiger partial charge < -0.3 is 14.9 Å². The Balaban J connectivity index is 2.01. The van der Waals surface area contributed by atoms with Gasteiger partial charge in [-0.05, 0) is 35.7 Å². The van der Waals surface area contributed by atoms with E-state index in [1.807, 2.05) is 0 Å². The molecule has 0 saturated carbocycles. The SMILES string of the molecule is NC(Cc1ccoc1)c1ccc(OC(F)(F)F)cc1. The molecule has 2 rings (SSSR count). The highest BCUT2D eigenvalue weighted by atomic mass is 19.4. The summed E-state index contributed by atoms with van der Waals surface area (Å²) in [5.41, 5.74) is 7.62. The topological polar surface area (TPSA) is 48.4 Å². The van der Waals surface area contributed by atoms with Gasteiger partial charge in [0.15, 0.2) is 0 Å². The minimum Gasteiger partial charge on any atom is -0.472 e. The monoisotopic (exact) mass is 271 g/mol. The van der Waals surface area contributed by atoms with Crippen LogP contribution in [0.4, 0.5) is 13.2 Å². The van der Waals surface area contributed by atoms with Crippen LogP contribution < -0.4 is 10.5 Å². The summed E-state index contributed by atoms with van der Waals surface area (Å²) in [7, 11) is 0. The maximum absolute atomic E-state index is 12.0. The van der Waals surface area contributed by atoms with Gasteiger partial charge in [0.25, 0.3) is 0 Å². The third kappa shape index (κ3) is 4.03. The van der Waals surface area contributed by atoms with Gasteiger partial charge in [-0.2, -0.15) is 0 Å². The second kappa shape index (κ2) is 5.36. The first-order valence-electron chi connectivity index (χ1n) is 5.56. The molecule has 1 aromatic carbocycles. The van der Waals surface area contributed by atoms with Crippen LogP contribution in [0, 0.1) is 0 Å². The number of ether oxygens (including phenoxy) is 1. The zero-order chi connectivity index (χ0) is 13.9. The largest absolute Gasteiger partial charge is 0.573 e. The molecular weight excluding hydrogens is 259 g/mol. The first kappa shape index (κ1) is 13.5. The summed E-state index contributed by atoms with van der Waals surface area (Å²) in [5.74, 6) is -0.258. The normalized spacial score (nSPS) is 13.3. The van der Waals surface area contributed by atoms with Crippen molar-refractivity contribution in [1.82, 2.24) is 0 Å². The van der Waals surface area contributed by atoms with Gasteiger partial charge in [-0.1, -0.05) is 12.1 Å². The fourth-order valence-electron chi connectivity index (χ4n) is 1.70. The van der Waals surface area contributed by atoms with E-state index in [4.69, 9.17) is 10.2 Å². The van der Waals surface area contributed by atoms with Gasteiger partial charge in [0.2, 0.25) is 0 Å². The minimum atomic E-state index is -4.68. The zero-order valence-corrected chi connectivity index (χ0v) is 9.85. The molecule has 0 saturated heterocycles. The number of alkyl halides is 3. The fraction of sp³-hybridized carbons (Fsp3) is 0.231. The highest BCUT2D eigenvalue weighted by Gasteiger charge is 2.31. The third-order valence-electron chi connectivity index (χ3n) is 2.58. The number of hydrogen-bond donors (Lipinski definition) is 1. The Bertz CT molecular complexity index is 506. The molecule has 0 aliphatic heterocycles. The van der Waals surface area contributed by atoms with Crippen molar-refractivity contribution in [2.45, 2.75) is 18.8 Å². The van der Waals surface area contributed by atoms with E-state index >= 15 is 0 Å². The van der Waals surface area contributed by atoms with Gasteiger partial charge in [0, 0.05) is 6.04 Å². The number of rotatable bonds is 4. The summed E-state index contributed by atoms with van der Waals surface area (Å²) in [5, 5.41) is 0. The zero-order valence-electron chi connectivity index (χ0n) is 9.85. The lowest BCUT2D eigenvalue weighted by Gasteiger charge is -2.13. The molecule has 0 fully saturated rings. The number of furan rings is 1. The first-order chi connectivity index (χ1) is 8.94. The molecule has 102 valence electrons. The van der Waals surface area contributed by atoms with Crippen molar-refractivity contribution in [3.8, 4) is 5.75 Å². The lowest BCUT2D eigenvalue weighted by molar-refractivity contribution is -0.274. The van der Waals surface area contributed by atoms with Gasteiger partial charge in [-0.25, -0.2) is 0 Å². The predicted octanol–water partition coefficient (Wildman–Crippen LogP) is 3.42. The molecule has 3 nitrogen and oxygen atoms in total. The second-order valence-electron chi connectivity index (χ2n) is 4.06. The van der Waals surface area contributed by atoms with E-state index in [0.29, 0.717) is 6.42 Å². The molecule has 0 aliphatic rings. The van der Waals surface area contributed by atoms with Gasteiger partial charge >= 0.3 is 6.36 Å². The maximum Gasteiger partial charge on any atom is 0.573 e. The van der Waals surface area contributed by atoms with Gasteiger partial charge in [-0.3, -0.25) is 0 Å². The first-order valence-corrected chi connectivity index (χ1v) is 5.56. The van der Waals surface area contributed by atoms with Gasteiger partial charge in [-0.15, -0.1) is 13.2 Å². The average molecular weight is 271 g/mol. The fourth-order valence-corrected chi connectivity index (χ4v) is 1.70. The Kier molecular flexibility index (Phi) is 3.80. The Morgan fingerprint density at radius 1 is 1.16 bits per heavy atom. The van der Waals surface area contributed by atoms with Crippen molar-refractivity contribution in [3.63, 3.8) is 0 Å². The molecule has 0 spiro atoms. The van der Waals surface area contributed by atoms with E-state index in [-0.39, 0.29) is 11.8 Å². The number of benzene rings is 1. The van der Waals surface area contributed by atoms with E-state index in [1.165, 1.54) is 24.3 Å². The van der Waals surface area contributed by atoms with Gasteiger partial charge in [0.05, 0.1) is 12.5 Å². The van der Waals surface area contributed by atoms with E-state index in [2.05, 4.69) is 4.74 Å². The van der Waals surface area contributed by atoms with Gasteiger partial charge in [0.1, 0.15) is 5.75 Å². The van der Waals surface area contributed by atoms with E-state index < -0.39 is 6.36 Å². The van der Waals surface area contributed by atoms with Crippen LogP contribution in [0.5, 0.6) is 5.75 Å². The van der Waals surface area contributed by atoms with Crippen molar-refractivity contribution < 1.29 is 22.3 Å². The molecule has 1 atom stereocenters. The van der Waals surface area contributed by atoms with Crippen molar-refractivity contribution in [1.29, 1.82) is 0 Å². The Morgan fingerprint density at radius 2 is 1.84 bits per heavy atom. The lowest BCUT2D eigenvalue weighted by atomic mass is 10.0. The summed E-state index contributed by atoms with van der Waals surface area (Å²) in [6, 6.07) is 7.02. The quantitative estimate of drug-likeness (QED) is 0.926. The number of hydrogen-bond acceptors (Lipinski definition) is 3. The molecule has 0 bridgehead atoms. The number of halogens is 3. The summed E-state index contributed by atoms with van der Waals surface area (Å²) < 4.78 is 44.7. The van der Waals surface area contributed by atoms with Crippen LogP contribution in [0.15, 0.2) is 47.3 Å². The molecule has 2 aromatic rings. The molecule has 0 radical (unpaired) electrons. The van der Waals surface area contributed by atoms with E-state index in [9.17, 15) is 13.2 Å². The molecule has 2 N–H and O–H groups in total. The van der Waals surface area contributed by atoms with Crippen LogP contribution in [0.1, 0.15) is 17.2 Å². The van der Waals surface area contributed by atoms with Crippen molar-refractivity contribution in [3.05, 3.63) is 54.0 Å². The molecule has 1 aromatic heterocycles. The molecule has 19 heavy (non-hydrogen) atoms. The summed E-state index contributed by atoms with van der Waals surface area (Å²) in [4.78, 5) is 0. The van der Waals surface area contributed by atoms with Crippen LogP contribution in [-0.4, -0.2) is 6.36 Å². The molecule has 6 heteroatoms. The highest BCUT2D eigenvalue weighted by molar-refractivity contribution is 5.30. The van der Waals surface area contributed by atoms with E-state index in [0.717, 1.165) is 11.1 Å². The van der Waals surface area contributed by atoms with Crippen molar-refractivity contribution in [2.75, 3.05) is 0 Å². The molecule has 0 aliphatic carbocycles. The average Bonchev–Trinajstić information content (AvgIpc) is 2.80. The third-order valence-corrected chi connectivity index (χ3v) is 2.58.